The maximum Gasteiger partial charge on any atom is 0.340 e. The molecule has 3 N–H and O–H groups in total. The zero-order valence-corrected chi connectivity index (χ0v) is 12.0. The van der Waals surface area contributed by atoms with Crippen LogP contribution in [-0.2, 0) is 10.0 Å². The van der Waals surface area contributed by atoms with Crippen LogP contribution < -0.4 is 4.72 Å². The number of carbonyl (C=O) groups is 1. The molecular formula is C11H19N3O4S. The summed E-state index contributed by atoms with van der Waals surface area (Å²) in [6, 6.07) is -0.273. The fraction of sp³-hybridized carbons (Fsp3) is 0.636. The van der Waals surface area contributed by atoms with E-state index in [2.05, 4.69) is 14.9 Å². The molecule has 0 radical (unpaired) electrons. The Labute approximate surface area is 112 Å². The summed E-state index contributed by atoms with van der Waals surface area (Å²) >= 11 is 0. The first-order valence-corrected chi connectivity index (χ1v) is 7.55. The summed E-state index contributed by atoms with van der Waals surface area (Å²) in [6.45, 7) is 5.81. The van der Waals surface area contributed by atoms with Crippen LogP contribution >= 0.6 is 0 Å². The van der Waals surface area contributed by atoms with Crippen LogP contribution in [0.3, 0.4) is 0 Å². The van der Waals surface area contributed by atoms with Crippen molar-refractivity contribution in [2.75, 3.05) is 0 Å². The Hall–Kier alpha value is -1.41. The van der Waals surface area contributed by atoms with Gasteiger partial charge in [0.2, 0.25) is 0 Å². The molecule has 108 valence electrons. The van der Waals surface area contributed by atoms with E-state index in [1.807, 2.05) is 13.8 Å². The molecule has 0 aliphatic rings. The van der Waals surface area contributed by atoms with E-state index in [4.69, 9.17) is 5.11 Å². The van der Waals surface area contributed by atoms with E-state index in [1.54, 1.807) is 6.92 Å². The molecule has 0 aliphatic heterocycles. The van der Waals surface area contributed by atoms with Gasteiger partial charge in [-0.05, 0) is 19.3 Å². The number of carboxylic acid groups (broad SMARTS) is 1. The predicted octanol–water partition coefficient (Wildman–Crippen LogP) is 1.21. The van der Waals surface area contributed by atoms with Gasteiger partial charge in [0, 0.05) is 6.04 Å². The molecule has 0 saturated heterocycles. The quantitative estimate of drug-likeness (QED) is 0.698. The van der Waals surface area contributed by atoms with Gasteiger partial charge in [-0.15, -0.1) is 0 Å². The Morgan fingerprint density at radius 2 is 2.16 bits per heavy atom. The van der Waals surface area contributed by atoms with Crippen LogP contribution in [0, 0.1) is 5.92 Å². The van der Waals surface area contributed by atoms with Gasteiger partial charge in [0.25, 0.3) is 10.0 Å². The molecule has 8 heteroatoms. The summed E-state index contributed by atoms with van der Waals surface area (Å²) in [6.07, 6.45) is 2.62. The van der Waals surface area contributed by atoms with Crippen LogP contribution in [0.15, 0.2) is 11.2 Å². The zero-order valence-electron chi connectivity index (χ0n) is 11.2. The summed E-state index contributed by atoms with van der Waals surface area (Å²) in [5, 5.41) is 14.2. The van der Waals surface area contributed by atoms with Crippen molar-refractivity contribution in [3.05, 3.63) is 11.8 Å². The smallest absolute Gasteiger partial charge is 0.340 e. The van der Waals surface area contributed by atoms with E-state index in [9.17, 15) is 13.2 Å². The van der Waals surface area contributed by atoms with Crippen molar-refractivity contribution in [2.24, 2.45) is 5.92 Å². The fourth-order valence-electron chi connectivity index (χ4n) is 1.77. The molecule has 1 rings (SSSR count). The molecular weight excluding hydrogens is 270 g/mol. The number of nitrogens with zero attached hydrogens (tertiary/aromatic N) is 1. The maximum absolute atomic E-state index is 12.1. The van der Waals surface area contributed by atoms with Crippen molar-refractivity contribution in [1.82, 2.24) is 14.9 Å². The molecule has 0 amide bonds. The Morgan fingerprint density at radius 3 is 2.68 bits per heavy atom. The number of hydrogen-bond donors (Lipinski definition) is 3. The standard InChI is InChI=1S/C11H19N3O4S/c1-4-7(2)5-8(3)14-19(17,18)10-9(11(15)16)6-12-13-10/h6-8,14H,4-5H2,1-3H3,(H,12,13)(H,15,16). The highest BCUT2D eigenvalue weighted by Gasteiger charge is 2.26. The topological polar surface area (TPSA) is 112 Å². The third-order valence-corrected chi connectivity index (χ3v) is 4.47. The van der Waals surface area contributed by atoms with Gasteiger partial charge in [0.05, 0.1) is 6.20 Å². The number of nitrogens with one attached hydrogen (secondary N) is 2. The van der Waals surface area contributed by atoms with Crippen molar-refractivity contribution in [1.29, 1.82) is 0 Å². The Balaban J connectivity index is 2.87. The third-order valence-electron chi connectivity index (χ3n) is 2.91. The number of sulfonamides is 1. The second-order valence-electron chi connectivity index (χ2n) is 4.69. The van der Waals surface area contributed by atoms with Crippen molar-refractivity contribution < 1.29 is 18.3 Å². The Morgan fingerprint density at radius 1 is 1.53 bits per heavy atom. The average molecular weight is 289 g/mol. The monoisotopic (exact) mass is 289 g/mol. The predicted molar refractivity (Wildman–Crippen MR) is 69.4 cm³/mol. The zero-order chi connectivity index (χ0) is 14.6. The van der Waals surface area contributed by atoms with Crippen molar-refractivity contribution >= 4 is 16.0 Å². The van der Waals surface area contributed by atoms with Crippen LogP contribution in [0.4, 0.5) is 0 Å². The first-order valence-electron chi connectivity index (χ1n) is 6.07. The molecule has 1 aromatic heterocycles. The molecule has 0 saturated carbocycles. The van der Waals surface area contributed by atoms with Crippen LogP contribution in [0.1, 0.15) is 44.0 Å². The van der Waals surface area contributed by atoms with Crippen molar-refractivity contribution in [3.8, 4) is 0 Å². The van der Waals surface area contributed by atoms with Gasteiger partial charge < -0.3 is 5.11 Å². The summed E-state index contributed by atoms with van der Waals surface area (Å²) < 4.78 is 26.6. The fourth-order valence-corrected chi connectivity index (χ4v) is 3.12. The Bertz CT molecular complexity index is 538. The molecule has 7 nitrogen and oxygen atoms in total. The molecule has 1 aromatic rings. The SMILES string of the molecule is CCC(C)CC(C)NS(=O)(=O)c1[nH]ncc1C(=O)O. The summed E-state index contributed by atoms with van der Waals surface area (Å²) in [5.41, 5.74) is -0.358. The molecule has 0 fully saturated rings. The minimum atomic E-state index is -3.89. The number of aromatic carboxylic acids is 1. The first-order chi connectivity index (χ1) is 8.77. The largest absolute Gasteiger partial charge is 0.478 e. The molecule has 0 aliphatic carbocycles. The third kappa shape index (κ3) is 4.03. The van der Waals surface area contributed by atoms with E-state index >= 15 is 0 Å². The number of H-pyrrole nitrogens is 1. The second-order valence-corrected chi connectivity index (χ2v) is 6.34. The lowest BCUT2D eigenvalue weighted by Crippen LogP contribution is -2.34. The van der Waals surface area contributed by atoms with Crippen LogP contribution in [0.25, 0.3) is 0 Å². The number of rotatable bonds is 7. The minimum Gasteiger partial charge on any atom is -0.478 e. The highest BCUT2D eigenvalue weighted by Crippen LogP contribution is 2.15. The normalized spacial score (nSPS) is 15.1. The lowest BCUT2D eigenvalue weighted by atomic mass is 10.0. The number of aromatic nitrogens is 2. The highest BCUT2D eigenvalue weighted by molar-refractivity contribution is 7.89. The molecule has 2 atom stereocenters. The molecule has 19 heavy (non-hydrogen) atoms. The van der Waals surface area contributed by atoms with E-state index in [0.29, 0.717) is 12.3 Å². The van der Waals surface area contributed by atoms with Gasteiger partial charge in [-0.25, -0.2) is 17.9 Å². The van der Waals surface area contributed by atoms with E-state index in [1.165, 1.54) is 0 Å². The molecule has 2 unspecified atom stereocenters. The molecule has 0 aromatic carbocycles. The van der Waals surface area contributed by atoms with E-state index < -0.39 is 21.0 Å². The maximum atomic E-state index is 12.1. The van der Waals surface area contributed by atoms with Crippen LogP contribution in [-0.4, -0.2) is 35.7 Å². The van der Waals surface area contributed by atoms with E-state index in [-0.39, 0.29) is 11.6 Å². The average Bonchev–Trinajstić information content (AvgIpc) is 2.77. The van der Waals surface area contributed by atoms with Crippen molar-refractivity contribution in [3.63, 3.8) is 0 Å². The van der Waals surface area contributed by atoms with Gasteiger partial charge in [-0.3, -0.25) is 5.10 Å². The van der Waals surface area contributed by atoms with Gasteiger partial charge in [-0.2, -0.15) is 5.10 Å². The van der Waals surface area contributed by atoms with Gasteiger partial charge in [0.1, 0.15) is 5.56 Å². The lowest BCUT2D eigenvalue weighted by Gasteiger charge is -2.17. The van der Waals surface area contributed by atoms with Gasteiger partial charge >= 0.3 is 5.97 Å². The number of carboxylic acids is 1. The number of aromatic amines is 1. The Kier molecular flexibility index (Phi) is 5.07. The number of hydrogen-bond acceptors (Lipinski definition) is 4. The summed E-state index contributed by atoms with van der Waals surface area (Å²) in [5.74, 6) is -0.942. The van der Waals surface area contributed by atoms with Gasteiger partial charge in [0.15, 0.2) is 5.03 Å². The lowest BCUT2D eigenvalue weighted by molar-refractivity contribution is 0.0692. The molecule has 1 heterocycles. The molecule has 0 spiro atoms. The molecule has 0 bridgehead atoms. The first kappa shape index (κ1) is 15.6. The minimum absolute atomic E-state index is 0.273. The van der Waals surface area contributed by atoms with Crippen LogP contribution in [0.2, 0.25) is 0 Å². The summed E-state index contributed by atoms with van der Waals surface area (Å²) in [7, 11) is -3.89. The second kappa shape index (κ2) is 6.16. The van der Waals surface area contributed by atoms with Gasteiger partial charge in [-0.1, -0.05) is 20.3 Å². The van der Waals surface area contributed by atoms with Crippen molar-refractivity contribution in [2.45, 2.75) is 44.7 Å². The summed E-state index contributed by atoms with van der Waals surface area (Å²) in [4.78, 5) is 10.9. The highest BCUT2D eigenvalue weighted by atomic mass is 32.2. The van der Waals surface area contributed by atoms with Crippen LogP contribution in [0.5, 0.6) is 0 Å². The van der Waals surface area contributed by atoms with E-state index in [0.717, 1.165) is 12.6 Å².